The van der Waals surface area contributed by atoms with E-state index in [2.05, 4.69) is 19.6 Å². The first kappa shape index (κ1) is 12.0. The fourth-order valence-corrected chi connectivity index (χ4v) is 1.04. The molecule has 0 aromatic rings. The van der Waals surface area contributed by atoms with Crippen LogP contribution < -0.4 is 0 Å². The molecule has 0 saturated heterocycles. The van der Waals surface area contributed by atoms with Crippen LogP contribution in [0.25, 0.3) is 0 Å². The van der Waals surface area contributed by atoms with Crippen LogP contribution in [0.3, 0.4) is 0 Å². The molecule has 1 unspecified atom stereocenters. The van der Waals surface area contributed by atoms with Crippen LogP contribution in [0.5, 0.6) is 0 Å². The zero-order valence-electron chi connectivity index (χ0n) is 8.70. The molecule has 0 aromatic heterocycles. The molecule has 13 heavy (non-hydrogen) atoms. The third-order valence-electron chi connectivity index (χ3n) is 1.74. The van der Waals surface area contributed by atoms with E-state index in [0.717, 1.165) is 6.42 Å². The molecule has 0 bridgehead atoms. The molecule has 0 N–H and O–H groups in total. The number of hydrogen-bond donors (Lipinski definition) is 0. The number of hydrogen-bond acceptors (Lipinski definition) is 1. The molecule has 0 amide bonds. The van der Waals surface area contributed by atoms with Crippen molar-refractivity contribution >= 4 is 0 Å². The van der Waals surface area contributed by atoms with Gasteiger partial charge >= 0.3 is 0 Å². The smallest absolute Gasteiger partial charge is 0.116 e. The van der Waals surface area contributed by atoms with Crippen LogP contribution in [0.15, 0.2) is 37.1 Å². The Hall–Kier alpha value is -0.980. The van der Waals surface area contributed by atoms with Gasteiger partial charge in [-0.1, -0.05) is 38.2 Å². The van der Waals surface area contributed by atoms with Gasteiger partial charge < -0.3 is 4.74 Å². The molecule has 0 aliphatic heterocycles. The average Bonchev–Trinajstić information content (AvgIpc) is 2.14. The molecule has 0 aliphatic rings. The van der Waals surface area contributed by atoms with E-state index in [1.54, 1.807) is 0 Å². The summed E-state index contributed by atoms with van der Waals surface area (Å²) in [6.07, 6.45) is 13.3. The molecule has 0 radical (unpaired) electrons. The Balaban J connectivity index is 3.84. The zero-order valence-corrected chi connectivity index (χ0v) is 8.70. The van der Waals surface area contributed by atoms with Crippen LogP contribution in [-0.2, 0) is 4.74 Å². The maximum Gasteiger partial charge on any atom is 0.116 e. The molecule has 0 aromatic carbocycles. The molecule has 0 heterocycles. The van der Waals surface area contributed by atoms with Crippen LogP contribution in [0.4, 0.5) is 0 Å². The topological polar surface area (TPSA) is 9.23 Å². The Labute approximate surface area is 81.8 Å². The molecule has 74 valence electrons. The van der Waals surface area contributed by atoms with Gasteiger partial charge in [0.2, 0.25) is 0 Å². The second-order valence-electron chi connectivity index (χ2n) is 2.89. The highest BCUT2D eigenvalue weighted by molar-refractivity contribution is 5.04. The lowest BCUT2D eigenvalue weighted by molar-refractivity contribution is 0.176. The lowest BCUT2D eigenvalue weighted by Crippen LogP contribution is -2.05. The quantitative estimate of drug-likeness (QED) is 0.427. The normalized spacial score (nSPS) is 13.7. The van der Waals surface area contributed by atoms with Crippen LogP contribution >= 0.6 is 0 Å². The van der Waals surface area contributed by atoms with E-state index in [4.69, 9.17) is 4.74 Å². The summed E-state index contributed by atoms with van der Waals surface area (Å²) in [7, 11) is 0. The van der Waals surface area contributed by atoms with E-state index in [0.29, 0.717) is 0 Å². The van der Waals surface area contributed by atoms with Crippen molar-refractivity contribution in [2.75, 3.05) is 0 Å². The van der Waals surface area contributed by atoms with Gasteiger partial charge in [0.25, 0.3) is 0 Å². The predicted octanol–water partition coefficient (Wildman–Crippen LogP) is 3.84. The van der Waals surface area contributed by atoms with E-state index in [9.17, 15) is 0 Å². The van der Waals surface area contributed by atoms with Gasteiger partial charge in [0, 0.05) is 0 Å². The van der Waals surface area contributed by atoms with Crippen molar-refractivity contribution in [3.05, 3.63) is 37.1 Å². The monoisotopic (exact) mass is 180 g/mol. The summed E-state index contributed by atoms with van der Waals surface area (Å²) in [6.45, 7) is 7.74. The largest absolute Gasteiger partial charge is 0.495 e. The fourth-order valence-electron chi connectivity index (χ4n) is 1.04. The highest BCUT2D eigenvalue weighted by atomic mass is 16.5. The van der Waals surface area contributed by atoms with Crippen molar-refractivity contribution in [3.8, 4) is 0 Å². The van der Waals surface area contributed by atoms with Crippen molar-refractivity contribution < 1.29 is 4.74 Å². The Morgan fingerprint density at radius 1 is 1.38 bits per heavy atom. The van der Waals surface area contributed by atoms with Crippen molar-refractivity contribution in [1.29, 1.82) is 0 Å². The minimum atomic E-state index is 0.189. The zero-order chi connectivity index (χ0) is 9.94. The van der Waals surface area contributed by atoms with E-state index >= 15 is 0 Å². The Bertz CT molecular complexity index is 168. The predicted molar refractivity (Wildman–Crippen MR) is 58.5 cm³/mol. The van der Waals surface area contributed by atoms with Gasteiger partial charge in [0.15, 0.2) is 0 Å². The molecule has 0 fully saturated rings. The highest BCUT2D eigenvalue weighted by Gasteiger charge is 2.00. The number of ether oxygens (including phenoxy) is 1. The van der Waals surface area contributed by atoms with Gasteiger partial charge in [0.05, 0.1) is 6.26 Å². The molecule has 1 nitrogen and oxygen atoms in total. The van der Waals surface area contributed by atoms with Crippen molar-refractivity contribution in [1.82, 2.24) is 0 Å². The van der Waals surface area contributed by atoms with Gasteiger partial charge in [-0.05, 0) is 25.8 Å². The molecule has 0 rings (SSSR count). The minimum Gasteiger partial charge on any atom is -0.495 e. The van der Waals surface area contributed by atoms with Crippen molar-refractivity contribution in [2.24, 2.45) is 0 Å². The molecule has 0 aliphatic carbocycles. The third-order valence-corrected chi connectivity index (χ3v) is 1.74. The molecule has 1 heteroatoms. The second-order valence-corrected chi connectivity index (χ2v) is 2.89. The maximum absolute atomic E-state index is 5.33. The summed E-state index contributed by atoms with van der Waals surface area (Å²) in [5.74, 6) is 0. The maximum atomic E-state index is 5.33. The number of unbranched alkanes of at least 4 members (excludes halogenated alkanes) is 1. The average molecular weight is 180 g/mol. The van der Waals surface area contributed by atoms with Crippen LogP contribution in [0, 0.1) is 0 Å². The highest BCUT2D eigenvalue weighted by Crippen LogP contribution is 2.06. The Morgan fingerprint density at radius 2 is 2.15 bits per heavy atom. The van der Waals surface area contributed by atoms with E-state index in [1.807, 2.05) is 25.2 Å². The Morgan fingerprint density at radius 3 is 2.69 bits per heavy atom. The van der Waals surface area contributed by atoms with E-state index < -0.39 is 0 Å². The van der Waals surface area contributed by atoms with Gasteiger partial charge in [-0.3, -0.25) is 0 Å². The van der Waals surface area contributed by atoms with Gasteiger partial charge in [0.1, 0.15) is 6.10 Å². The molecular formula is C12H20O. The van der Waals surface area contributed by atoms with Crippen LogP contribution in [0.1, 0.15) is 33.1 Å². The van der Waals surface area contributed by atoms with Gasteiger partial charge in [-0.2, -0.15) is 0 Å². The Kier molecular flexibility index (Phi) is 8.42. The first-order chi connectivity index (χ1) is 6.35. The third kappa shape index (κ3) is 7.38. The van der Waals surface area contributed by atoms with E-state index in [-0.39, 0.29) is 6.10 Å². The summed E-state index contributed by atoms with van der Waals surface area (Å²) in [6, 6.07) is 0. The second kappa shape index (κ2) is 9.11. The van der Waals surface area contributed by atoms with E-state index in [1.165, 1.54) is 19.1 Å². The first-order valence-electron chi connectivity index (χ1n) is 4.91. The summed E-state index contributed by atoms with van der Waals surface area (Å²) < 4.78 is 5.33. The SMILES string of the molecule is C=COC(/C=C/C=C/C)CCCC. The molecule has 1 atom stereocenters. The summed E-state index contributed by atoms with van der Waals surface area (Å²) >= 11 is 0. The van der Waals surface area contributed by atoms with Crippen LogP contribution in [-0.4, -0.2) is 6.10 Å². The molecular weight excluding hydrogens is 160 g/mol. The molecule has 0 spiro atoms. The first-order valence-corrected chi connectivity index (χ1v) is 4.91. The molecule has 0 saturated carbocycles. The standard InChI is InChI=1S/C12H20O/c1-4-7-9-11-12(13-6-3)10-8-5-2/h4,6-7,9,11-12H,3,5,8,10H2,1-2H3/b7-4+,11-9+. The van der Waals surface area contributed by atoms with Gasteiger partial charge in [-0.25, -0.2) is 0 Å². The summed E-state index contributed by atoms with van der Waals surface area (Å²) in [5.41, 5.74) is 0. The lowest BCUT2D eigenvalue weighted by atomic mass is 10.1. The summed E-state index contributed by atoms with van der Waals surface area (Å²) in [4.78, 5) is 0. The fraction of sp³-hybridized carbons (Fsp3) is 0.500. The van der Waals surface area contributed by atoms with Gasteiger partial charge in [-0.15, -0.1) is 0 Å². The van der Waals surface area contributed by atoms with Crippen molar-refractivity contribution in [3.63, 3.8) is 0 Å². The number of rotatable bonds is 7. The lowest BCUT2D eigenvalue weighted by Gasteiger charge is -2.10. The van der Waals surface area contributed by atoms with Crippen LogP contribution in [0.2, 0.25) is 0 Å². The van der Waals surface area contributed by atoms with Crippen molar-refractivity contribution in [2.45, 2.75) is 39.2 Å². The summed E-state index contributed by atoms with van der Waals surface area (Å²) in [5, 5.41) is 0. The number of allylic oxidation sites excluding steroid dienone is 3. The minimum absolute atomic E-state index is 0.189.